The lowest BCUT2D eigenvalue weighted by Crippen LogP contribution is -2.29. The Morgan fingerprint density at radius 2 is 1.18 bits per heavy atom. The van der Waals surface area contributed by atoms with Gasteiger partial charge < -0.3 is 8.53 Å². The highest BCUT2D eigenvalue weighted by Crippen LogP contribution is 2.20. The van der Waals surface area contributed by atoms with Crippen LogP contribution >= 0.6 is 0 Å². The quantitative estimate of drug-likeness (QED) is 0.131. The third-order valence-electron chi connectivity index (χ3n) is 5.45. The Kier molecular flexibility index (Phi) is 16.9. The average molecular weight is 405 g/mol. The zero-order chi connectivity index (χ0) is 20.3. The molecule has 0 aliphatic rings. The van der Waals surface area contributed by atoms with Crippen molar-refractivity contribution < 1.29 is 8.53 Å². The Morgan fingerprint density at radius 3 is 1.68 bits per heavy atom. The van der Waals surface area contributed by atoms with Gasteiger partial charge >= 0.3 is 14.5 Å². The smallest absolute Gasteiger partial charge is 0.463 e. The van der Waals surface area contributed by atoms with Gasteiger partial charge in [0.15, 0.2) is 6.29 Å². The highest BCUT2D eigenvalue weighted by Gasteiger charge is 2.24. The van der Waals surface area contributed by atoms with Crippen LogP contribution < -0.4 is 4.74 Å². The molecule has 0 saturated heterocycles. The minimum atomic E-state index is -1.19. The van der Waals surface area contributed by atoms with Gasteiger partial charge in [0.1, 0.15) is 5.75 Å². The van der Waals surface area contributed by atoms with E-state index in [-0.39, 0.29) is 6.29 Å². The van der Waals surface area contributed by atoms with Crippen molar-refractivity contribution >= 4 is 14.5 Å². The van der Waals surface area contributed by atoms with Crippen molar-refractivity contribution in [3.63, 3.8) is 0 Å². The Balaban J connectivity index is 2.40. The molecular formula is C25H45AlO2. The average Bonchev–Trinajstić information content (AvgIpc) is 2.72. The molecule has 0 radical (unpaired) electrons. The fraction of sp³-hybridized carbons (Fsp3) is 0.760. The predicted octanol–water partition coefficient (Wildman–Crippen LogP) is 8.53. The van der Waals surface area contributed by atoms with Crippen LogP contribution in [0.3, 0.4) is 0 Å². The normalized spacial score (nSPS) is 12.1. The fourth-order valence-corrected chi connectivity index (χ4v) is 6.38. The summed E-state index contributed by atoms with van der Waals surface area (Å²) in [6, 6.07) is 10.2. The van der Waals surface area contributed by atoms with Crippen molar-refractivity contribution in [3.8, 4) is 5.75 Å². The van der Waals surface area contributed by atoms with Crippen molar-refractivity contribution in [2.45, 2.75) is 121 Å². The molecule has 0 fully saturated rings. The molecule has 28 heavy (non-hydrogen) atoms. The van der Waals surface area contributed by atoms with E-state index in [9.17, 15) is 0 Å². The monoisotopic (exact) mass is 404 g/mol. The first kappa shape index (κ1) is 25.5. The Morgan fingerprint density at radius 1 is 0.679 bits per heavy atom. The second-order valence-corrected chi connectivity index (χ2v) is 10.8. The van der Waals surface area contributed by atoms with Crippen molar-refractivity contribution in [1.82, 2.24) is 0 Å². The Bertz CT molecular complexity index is 421. The minimum absolute atomic E-state index is 0.0701. The molecule has 0 aliphatic heterocycles. The van der Waals surface area contributed by atoms with Crippen LogP contribution in [-0.4, -0.2) is 20.8 Å². The summed E-state index contributed by atoms with van der Waals surface area (Å²) in [5.74, 6) is 0.932. The lowest BCUT2D eigenvalue weighted by atomic mass is 10.1. The lowest BCUT2D eigenvalue weighted by Gasteiger charge is -2.23. The molecule has 0 bridgehead atoms. The van der Waals surface area contributed by atoms with Crippen LogP contribution in [0, 0.1) is 0 Å². The van der Waals surface area contributed by atoms with E-state index in [0.717, 1.165) is 12.2 Å². The van der Waals surface area contributed by atoms with Crippen molar-refractivity contribution in [2.75, 3.05) is 0 Å². The van der Waals surface area contributed by atoms with E-state index in [2.05, 4.69) is 20.8 Å². The summed E-state index contributed by atoms with van der Waals surface area (Å²) in [4.78, 5) is 0. The molecule has 1 unspecified atom stereocenters. The second kappa shape index (κ2) is 18.5. The van der Waals surface area contributed by atoms with E-state index in [4.69, 9.17) is 8.53 Å². The topological polar surface area (TPSA) is 18.5 Å². The standard InChI is InChI=1S/C9H11O2.2C8H17.Al/c1-2-9(10)11-8-6-4-3-5-7-8;2*1-3-5-7-8-6-4-2;/h3-7,9H,2H2,1H3;2*1,3-8H2,2H3;/q-1;;;+1. The van der Waals surface area contributed by atoms with Gasteiger partial charge in [-0.2, -0.15) is 0 Å². The van der Waals surface area contributed by atoms with Crippen LogP contribution in [-0.2, 0) is 3.79 Å². The first-order valence-corrected chi connectivity index (χ1v) is 14.3. The zero-order valence-electron chi connectivity index (χ0n) is 19.0. The van der Waals surface area contributed by atoms with Gasteiger partial charge in [0.25, 0.3) is 0 Å². The molecule has 0 amide bonds. The second-order valence-electron chi connectivity index (χ2n) is 8.14. The van der Waals surface area contributed by atoms with Gasteiger partial charge in [-0.25, -0.2) is 0 Å². The highest BCUT2D eigenvalue weighted by molar-refractivity contribution is 6.51. The molecule has 0 aliphatic carbocycles. The van der Waals surface area contributed by atoms with Crippen molar-refractivity contribution in [3.05, 3.63) is 30.3 Å². The van der Waals surface area contributed by atoms with Crippen LogP contribution in [0.25, 0.3) is 0 Å². The van der Waals surface area contributed by atoms with Gasteiger partial charge in [0, 0.05) is 6.42 Å². The summed E-state index contributed by atoms with van der Waals surface area (Å²) in [5.41, 5.74) is 0. The van der Waals surface area contributed by atoms with Crippen LogP contribution in [0.5, 0.6) is 5.75 Å². The van der Waals surface area contributed by atoms with E-state index in [0.29, 0.717) is 0 Å². The van der Waals surface area contributed by atoms with Crippen LogP contribution in [0.4, 0.5) is 0 Å². The number of ether oxygens (including phenoxy) is 1. The summed E-state index contributed by atoms with van der Waals surface area (Å²) >= 11 is -1.19. The van der Waals surface area contributed by atoms with E-state index in [1.807, 2.05) is 30.3 Å². The maximum absolute atomic E-state index is 6.58. The van der Waals surface area contributed by atoms with Gasteiger partial charge in [0.2, 0.25) is 0 Å². The molecular weight excluding hydrogens is 359 g/mol. The van der Waals surface area contributed by atoms with E-state index >= 15 is 0 Å². The third kappa shape index (κ3) is 13.6. The maximum atomic E-state index is 6.58. The van der Waals surface area contributed by atoms with Crippen LogP contribution in [0.1, 0.15) is 104 Å². The number of hydrogen-bond donors (Lipinski definition) is 0. The summed E-state index contributed by atoms with van der Waals surface area (Å²) in [7, 11) is 0. The van der Waals surface area contributed by atoms with Gasteiger partial charge in [0.05, 0.1) is 0 Å². The molecule has 1 aromatic rings. The molecule has 0 saturated carbocycles. The molecule has 1 aromatic carbocycles. The zero-order valence-corrected chi connectivity index (χ0v) is 20.1. The molecule has 0 aromatic heterocycles. The minimum Gasteiger partial charge on any atom is -0.469 e. The largest absolute Gasteiger partial charge is 0.469 e. The highest BCUT2D eigenvalue weighted by atomic mass is 27.2. The van der Waals surface area contributed by atoms with Crippen LogP contribution in [0.15, 0.2) is 30.3 Å². The number of hydrogen-bond acceptors (Lipinski definition) is 2. The van der Waals surface area contributed by atoms with E-state index in [1.165, 1.54) is 87.6 Å². The molecule has 160 valence electrons. The Hall–Kier alpha value is -0.488. The maximum Gasteiger partial charge on any atom is 0.463 e. The summed E-state index contributed by atoms with van der Waals surface area (Å²) < 4.78 is 12.7. The van der Waals surface area contributed by atoms with Gasteiger partial charge in [-0.1, -0.05) is 127 Å². The SMILES string of the molecule is CCCCCCC[CH2][Al]([CH2]CCCCCCC)[O]C(CC)Oc1ccccc1. The Labute approximate surface area is 180 Å². The fourth-order valence-electron chi connectivity index (χ4n) is 3.66. The van der Waals surface area contributed by atoms with Crippen molar-refractivity contribution in [1.29, 1.82) is 0 Å². The number of para-hydroxylation sites is 1. The number of rotatable bonds is 19. The van der Waals surface area contributed by atoms with E-state index in [1.54, 1.807) is 0 Å². The van der Waals surface area contributed by atoms with Gasteiger partial charge in [-0.05, 0) is 12.1 Å². The number of benzene rings is 1. The first-order valence-electron chi connectivity index (χ1n) is 12.2. The van der Waals surface area contributed by atoms with Gasteiger partial charge in [-0.3, -0.25) is 0 Å². The summed E-state index contributed by atoms with van der Waals surface area (Å²) in [6.07, 6.45) is 17.3. The summed E-state index contributed by atoms with van der Waals surface area (Å²) in [5, 5.41) is 2.63. The van der Waals surface area contributed by atoms with Gasteiger partial charge in [-0.15, -0.1) is 0 Å². The summed E-state index contributed by atoms with van der Waals surface area (Å²) in [6.45, 7) is 6.75. The molecule has 1 atom stereocenters. The third-order valence-corrected chi connectivity index (χ3v) is 8.24. The first-order chi connectivity index (χ1) is 13.8. The molecule has 2 nitrogen and oxygen atoms in total. The molecule has 1 rings (SSSR count). The predicted molar refractivity (Wildman–Crippen MR) is 124 cm³/mol. The molecule has 0 heterocycles. The molecule has 0 N–H and O–H groups in total. The van der Waals surface area contributed by atoms with Crippen LogP contribution in [0.2, 0.25) is 10.6 Å². The molecule has 3 heteroatoms. The van der Waals surface area contributed by atoms with E-state index < -0.39 is 14.5 Å². The van der Waals surface area contributed by atoms with Crippen molar-refractivity contribution in [2.24, 2.45) is 0 Å². The lowest BCUT2D eigenvalue weighted by molar-refractivity contribution is -0.000352. The number of unbranched alkanes of at least 4 members (excludes halogenated alkanes) is 10. The molecule has 0 spiro atoms.